The van der Waals surface area contributed by atoms with E-state index in [1.807, 2.05) is 12.1 Å². The van der Waals surface area contributed by atoms with E-state index >= 15 is 0 Å². The number of nitrogens with one attached hydrogen (secondary N) is 1. The molecule has 1 aromatic carbocycles. The van der Waals surface area contributed by atoms with Crippen LogP contribution in [0.4, 0.5) is 4.39 Å². The molecule has 1 aromatic rings. The van der Waals surface area contributed by atoms with E-state index < -0.39 is 0 Å². The third-order valence-corrected chi connectivity index (χ3v) is 4.21. The molecule has 1 fully saturated rings. The van der Waals surface area contributed by atoms with Gasteiger partial charge in [-0.2, -0.15) is 0 Å². The van der Waals surface area contributed by atoms with E-state index in [4.69, 9.17) is 0 Å². The van der Waals surface area contributed by atoms with Crippen LogP contribution in [0.1, 0.15) is 38.2 Å². The van der Waals surface area contributed by atoms with Crippen molar-refractivity contribution in [2.75, 3.05) is 13.1 Å². The standard InChI is InChI=1S/C15H22FN/c1-3-11(2)14-8-9-17-10-15(14)12-4-6-13(16)7-5-12/h4-7,11,14-15,17H,3,8-10H2,1-2H3. The monoisotopic (exact) mass is 235 g/mol. The first-order valence-electron chi connectivity index (χ1n) is 6.68. The molecule has 0 bridgehead atoms. The van der Waals surface area contributed by atoms with Crippen molar-refractivity contribution in [2.45, 2.75) is 32.6 Å². The van der Waals surface area contributed by atoms with Gasteiger partial charge in [0.15, 0.2) is 0 Å². The second-order valence-corrected chi connectivity index (χ2v) is 5.20. The minimum absolute atomic E-state index is 0.141. The molecule has 3 unspecified atom stereocenters. The lowest BCUT2D eigenvalue weighted by Crippen LogP contribution is -2.37. The summed E-state index contributed by atoms with van der Waals surface area (Å²) in [5.41, 5.74) is 1.28. The highest BCUT2D eigenvalue weighted by molar-refractivity contribution is 5.22. The Bertz CT molecular complexity index is 346. The number of halogens is 1. The van der Waals surface area contributed by atoms with Crippen molar-refractivity contribution in [1.29, 1.82) is 0 Å². The van der Waals surface area contributed by atoms with Gasteiger partial charge in [-0.25, -0.2) is 4.39 Å². The van der Waals surface area contributed by atoms with Crippen LogP contribution in [0.2, 0.25) is 0 Å². The van der Waals surface area contributed by atoms with Crippen LogP contribution in [0.25, 0.3) is 0 Å². The largest absolute Gasteiger partial charge is 0.316 e. The lowest BCUT2D eigenvalue weighted by molar-refractivity contribution is 0.233. The molecule has 17 heavy (non-hydrogen) atoms. The average Bonchev–Trinajstić information content (AvgIpc) is 2.39. The van der Waals surface area contributed by atoms with E-state index in [2.05, 4.69) is 19.2 Å². The van der Waals surface area contributed by atoms with E-state index in [0.717, 1.165) is 24.9 Å². The summed E-state index contributed by atoms with van der Waals surface area (Å²) in [7, 11) is 0. The minimum atomic E-state index is -0.141. The predicted molar refractivity (Wildman–Crippen MR) is 69.6 cm³/mol. The van der Waals surface area contributed by atoms with Crippen molar-refractivity contribution in [3.63, 3.8) is 0 Å². The molecule has 1 N–H and O–H groups in total. The maximum Gasteiger partial charge on any atom is 0.123 e. The van der Waals surface area contributed by atoms with Gasteiger partial charge in [0.05, 0.1) is 0 Å². The van der Waals surface area contributed by atoms with Crippen LogP contribution in [0.3, 0.4) is 0 Å². The maximum absolute atomic E-state index is 13.0. The zero-order chi connectivity index (χ0) is 12.3. The lowest BCUT2D eigenvalue weighted by Gasteiger charge is -2.36. The molecule has 1 aliphatic rings. The van der Waals surface area contributed by atoms with E-state index in [0.29, 0.717) is 5.92 Å². The highest BCUT2D eigenvalue weighted by atomic mass is 19.1. The van der Waals surface area contributed by atoms with Crippen LogP contribution >= 0.6 is 0 Å². The molecule has 0 spiro atoms. The van der Waals surface area contributed by atoms with Gasteiger partial charge in [-0.15, -0.1) is 0 Å². The normalized spacial score (nSPS) is 26.8. The summed E-state index contributed by atoms with van der Waals surface area (Å²) >= 11 is 0. The van der Waals surface area contributed by atoms with Crippen LogP contribution in [-0.4, -0.2) is 13.1 Å². The Morgan fingerprint density at radius 2 is 2.06 bits per heavy atom. The summed E-state index contributed by atoms with van der Waals surface area (Å²) in [6.07, 6.45) is 2.46. The Labute approximate surface area is 103 Å². The average molecular weight is 235 g/mol. The molecule has 0 aliphatic carbocycles. The van der Waals surface area contributed by atoms with Crippen LogP contribution in [0.5, 0.6) is 0 Å². The van der Waals surface area contributed by atoms with E-state index in [9.17, 15) is 4.39 Å². The molecule has 1 heterocycles. The van der Waals surface area contributed by atoms with Gasteiger partial charge in [0.25, 0.3) is 0 Å². The number of benzene rings is 1. The molecule has 0 amide bonds. The molecule has 2 heteroatoms. The molecule has 1 nitrogen and oxygen atoms in total. The maximum atomic E-state index is 13.0. The summed E-state index contributed by atoms with van der Waals surface area (Å²) in [4.78, 5) is 0. The Morgan fingerprint density at radius 3 is 2.71 bits per heavy atom. The van der Waals surface area contributed by atoms with Crippen molar-refractivity contribution in [1.82, 2.24) is 5.32 Å². The molecule has 2 rings (SSSR count). The first-order valence-corrected chi connectivity index (χ1v) is 6.68. The molecular formula is C15H22FN. The zero-order valence-corrected chi connectivity index (χ0v) is 10.7. The van der Waals surface area contributed by atoms with E-state index in [1.165, 1.54) is 18.4 Å². The molecule has 3 atom stereocenters. The second kappa shape index (κ2) is 5.63. The Morgan fingerprint density at radius 1 is 1.35 bits per heavy atom. The van der Waals surface area contributed by atoms with Crippen LogP contribution in [-0.2, 0) is 0 Å². The minimum Gasteiger partial charge on any atom is -0.316 e. The molecule has 94 valence electrons. The first kappa shape index (κ1) is 12.6. The van der Waals surface area contributed by atoms with Crippen molar-refractivity contribution >= 4 is 0 Å². The molecule has 0 aromatic heterocycles. The highest BCUT2D eigenvalue weighted by Crippen LogP contribution is 2.35. The molecule has 0 saturated carbocycles. The van der Waals surface area contributed by atoms with Gasteiger partial charge in [0.1, 0.15) is 5.82 Å². The van der Waals surface area contributed by atoms with Gasteiger partial charge in [0, 0.05) is 6.54 Å². The molecule has 0 radical (unpaired) electrons. The van der Waals surface area contributed by atoms with E-state index in [-0.39, 0.29) is 5.82 Å². The van der Waals surface area contributed by atoms with E-state index in [1.54, 1.807) is 12.1 Å². The zero-order valence-electron chi connectivity index (χ0n) is 10.7. The number of hydrogen-bond donors (Lipinski definition) is 1. The summed E-state index contributed by atoms with van der Waals surface area (Å²) in [6.45, 7) is 6.74. The second-order valence-electron chi connectivity index (χ2n) is 5.20. The predicted octanol–water partition coefficient (Wildman–Crippen LogP) is 3.56. The van der Waals surface area contributed by atoms with Crippen molar-refractivity contribution in [3.05, 3.63) is 35.6 Å². The Hall–Kier alpha value is -0.890. The van der Waals surface area contributed by atoms with Crippen molar-refractivity contribution in [2.24, 2.45) is 11.8 Å². The third-order valence-electron chi connectivity index (χ3n) is 4.21. The molecule has 1 aliphatic heterocycles. The molecular weight excluding hydrogens is 213 g/mol. The van der Waals surface area contributed by atoms with Gasteiger partial charge >= 0.3 is 0 Å². The smallest absolute Gasteiger partial charge is 0.123 e. The van der Waals surface area contributed by atoms with Gasteiger partial charge in [-0.05, 0) is 48.4 Å². The topological polar surface area (TPSA) is 12.0 Å². The SMILES string of the molecule is CCC(C)C1CCNCC1c1ccc(F)cc1. The molecule has 1 saturated heterocycles. The summed E-state index contributed by atoms with van der Waals surface area (Å²) in [5, 5.41) is 3.46. The lowest BCUT2D eigenvalue weighted by atomic mass is 9.74. The Kier molecular flexibility index (Phi) is 4.16. The van der Waals surface area contributed by atoms with Gasteiger partial charge < -0.3 is 5.32 Å². The highest BCUT2D eigenvalue weighted by Gasteiger charge is 2.29. The third kappa shape index (κ3) is 2.86. The van der Waals surface area contributed by atoms with Gasteiger partial charge in [-0.1, -0.05) is 32.4 Å². The van der Waals surface area contributed by atoms with Crippen molar-refractivity contribution < 1.29 is 4.39 Å². The fourth-order valence-corrected chi connectivity index (χ4v) is 2.94. The summed E-state index contributed by atoms with van der Waals surface area (Å²) in [5.74, 6) is 1.87. The van der Waals surface area contributed by atoms with Crippen LogP contribution < -0.4 is 5.32 Å². The van der Waals surface area contributed by atoms with Crippen LogP contribution in [0.15, 0.2) is 24.3 Å². The fraction of sp³-hybridized carbons (Fsp3) is 0.600. The van der Waals surface area contributed by atoms with Gasteiger partial charge in [-0.3, -0.25) is 0 Å². The van der Waals surface area contributed by atoms with Crippen LogP contribution in [0, 0.1) is 17.7 Å². The summed E-state index contributed by atoms with van der Waals surface area (Å²) < 4.78 is 13.0. The number of hydrogen-bond acceptors (Lipinski definition) is 1. The fourth-order valence-electron chi connectivity index (χ4n) is 2.94. The number of rotatable bonds is 3. The Balaban J connectivity index is 2.18. The van der Waals surface area contributed by atoms with Gasteiger partial charge in [0.2, 0.25) is 0 Å². The quantitative estimate of drug-likeness (QED) is 0.844. The first-order chi connectivity index (χ1) is 8.22. The van der Waals surface area contributed by atoms with Crippen molar-refractivity contribution in [3.8, 4) is 0 Å². The number of piperidine rings is 1. The summed E-state index contributed by atoms with van der Waals surface area (Å²) in [6, 6.07) is 7.06.